The Hall–Kier alpha value is -2.19. The van der Waals surface area contributed by atoms with Crippen molar-refractivity contribution in [2.24, 2.45) is 0 Å². The summed E-state index contributed by atoms with van der Waals surface area (Å²) in [6.07, 6.45) is 0.496. The molecule has 2 aromatic rings. The highest BCUT2D eigenvalue weighted by Crippen LogP contribution is 2.27. The summed E-state index contributed by atoms with van der Waals surface area (Å²) in [5.74, 6) is -0.492. The third kappa shape index (κ3) is 3.32. The number of benzene rings is 1. The van der Waals surface area contributed by atoms with Crippen molar-refractivity contribution in [2.45, 2.75) is 26.8 Å². The number of ether oxygens (including phenoxy) is 1. The topological polar surface area (TPSA) is 81.5 Å². The van der Waals surface area contributed by atoms with Crippen LogP contribution < -0.4 is 0 Å². The second-order valence-corrected chi connectivity index (χ2v) is 7.98. The SMILES string of the molecule is CCOC(=O)c1nn(-c2ccccc2)c2c1CN(S(=O)(=O)CC)CC2. The van der Waals surface area contributed by atoms with Crippen LogP contribution in [-0.2, 0) is 27.7 Å². The van der Waals surface area contributed by atoms with Gasteiger partial charge >= 0.3 is 5.97 Å². The molecular weight excluding hydrogens is 342 g/mol. The van der Waals surface area contributed by atoms with Gasteiger partial charge in [-0.05, 0) is 26.0 Å². The number of carbonyl (C=O) groups is 1. The normalized spacial score (nSPS) is 15.0. The fourth-order valence-electron chi connectivity index (χ4n) is 2.96. The molecule has 0 bridgehead atoms. The predicted molar refractivity (Wildman–Crippen MR) is 93.1 cm³/mol. The van der Waals surface area contributed by atoms with Crippen LogP contribution in [0.2, 0.25) is 0 Å². The lowest BCUT2D eigenvalue weighted by molar-refractivity contribution is 0.0517. The van der Waals surface area contributed by atoms with Crippen molar-refractivity contribution >= 4 is 16.0 Å². The van der Waals surface area contributed by atoms with Crippen LogP contribution in [0.4, 0.5) is 0 Å². The molecule has 0 saturated carbocycles. The van der Waals surface area contributed by atoms with Gasteiger partial charge in [-0.2, -0.15) is 9.40 Å². The first-order chi connectivity index (χ1) is 12.0. The lowest BCUT2D eigenvalue weighted by Crippen LogP contribution is -2.37. The first-order valence-corrected chi connectivity index (χ1v) is 9.90. The van der Waals surface area contributed by atoms with Crippen molar-refractivity contribution in [3.8, 4) is 5.69 Å². The molecule has 1 aromatic carbocycles. The fraction of sp³-hybridized carbons (Fsp3) is 0.412. The molecule has 1 aromatic heterocycles. The number of para-hydroxylation sites is 1. The van der Waals surface area contributed by atoms with E-state index in [0.29, 0.717) is 18.5 Å². The molecule has 0 saturated heterocycles. The molecule has 0 aliphatic carbocycles. The predicted octanol–water partition coefficient (Wildman–Crippen LogP) is 1.76. The van der Waals surface area contributed by atoms with E-state index in [9.17, 15) is 13.2 Å². The number of fused-ring (bicyclic) bond motifs is 1. The van der Waals surface area contributed by atoms with Crippen LogP contribution in [-0.4, -0.2) is 47.4 Å². The number of esters is 1. The van der Waals surface area contributed by atoms with Gasteiger partial charge in [-0.3, -0.25) is 0 Å². The molecule has 3 rings (SSSR count). The van der Waals surface area contributed by atoms with E-state index in [1.165, 1.54) is 4.31 Å². The van der Waals surface area contributed by atoms with Crippen LogP contribution >= 0.6 is 0 Å². The minimum Gasteiger partial charge on any atom is -0.461 e. The molecular formula is C17H21N3O4S. The van der Waals surface area contributed by atoms with Crippen molar-refractivity contribution in [3.63, 3.8) is 0 Å². The molecule has 8 heteroatoms. The van der Waals surface area contributed by atoms with Gasteiger partial charge in [0.15, 0.2) is 5.69 Å². The Morgan fingerprint density at radius 2 is 1.96 bits per heavy atom. The average molecular weight is 363 g/mol. The molecule has 1 aliphatic heterocycles. The van der Waals surface area contributed by atoms with E-state index in [4.69, 9.17) is 4.74 Å². The number of nitrogens with zero attached hydrogens (tertiary/aromatic N) is 3. The fourth-order valence-corrected chi connectivity index (χ4v) is 4.02. The Balaban J connectivity index is 2.09. The van der Waals surface area contributed by atoms with E-state index in [1.54, 1.807) is 18.5 Å². The van der Waals surface area contributed by atoms with Crippen LogP contribution in [0.15, 0.2) is 30.3 Å². The third-order valence-electron chi connectivity index (χ3n) is 4.25. The molecule has 7 nitrogen and oxygen atoms in total. The molecule has 25 heavy (non-hydrogen) atoms. The zero-order chi connectivity index (χ0) is 18.0. The Labute approximate surface area is 147 Å². The quantitative estimate of drug-likeness (QED) is 0.756. The second-order valence-electron chi connectivity index (χ2n) is 5.73. The maximum atomic E-state index is 12.3. The standard InChI is InChI=1S/C17H21N3O4S/c1-3-24-17(21)16-14-12-19(25(22,23)4-2)11-10-15(14)20(18-16)13-8-6-5-7-9-13/h5-9H,3-4,10-12H2,1-2H3. The van der Waals surface area contributed by atoms with E-state index in [2.05, 4.69) is 5.10 Å². The molecule has 134 valence electrons. The van der Waals surface area contributed by atoms with E-state index in [1.807, 2.05) is 30.3 Å². The first-order valence-electron chi connectivity index (χ1n) is 8.29. The lowest BCUT2D eigenvalue weighted by Gasteiger charge is -2.26. The second kappa shape index (κ2) is 6.97. The van der Waals surface area contributed by atoms with E-state index >= 15 is 0 Å². The maximum Gasteiger partial charge on any atom is 0.359 e. The average Bonchev–Trinajstić information content (AvgIpc) is 3.01. The van der Waals surface area contributed by atoms with Crippen LogP contribution in [0.25, 0.3) is 5.69 Å². The summed E-state index contributed by atoms with van der Waals surface area (Å²) in [6.45, 7) is 4.11. The summed E-state index contributed by atoms with van der Waals surface area (Å²) < 4.78 is 32.7. The van der Waals surface area contributed by atoms with Crippen molar-refractivity contribution in [2.75, 3.05) is 18.9 Å². The van der Waals surface area contributed by atoms with Crippen LogP contribution in [0.3, 0.4) is 0 Å². The summed E-state index contributed by atoms with van der Waals surface area (Å²) in [6, 6.07) is 9.49. The summed E-state index contributed by atoms with van der Waals surface area (Å²) in [5, 5.41) is 4.44. The van der Waals surface area contributed by atoms with Gasteiger partial charge in [0.05, 0.1) is 23.7 Å². The van der Waals surface area contributed by atoms with Gasteiger partial charge in [0.25, 0.3) is 0 Å². The zero-order valence-corrected chi connectivity index (χ0v) is 15.1. The molecule has 0 fully saturated rings. The maximum absolute atomic E-state index is 12.3. The number of sulfonamides is 1. The largest absolute Gasteiger partial charge is 0.461 e. The number of carbonyl (C=O) groups excluding carboxylic acids is 1. The first kappa shape index (κ1) is 17.6. The van der Waals surface area contributed by atoms with E-state index in [0.717, 1.165) is 11.4 Å². The zero-order valence-electron chi connectivity index (χ0n) is 14.3. The van der Waals surface area contributed by atoms with Gasteiger partial charge in [0.2, 0.25) is 10.0 Å². The van der Waals surface area contributed by atoms with Crippen molar-refractivity contribution < 1.29 is 17.9 Å². The van der Waals surface area contributed by atoms with Gasteiger partial charge in [-0.25, -0.2) is 17.9 Å². The molecule has 0 radical (unpaired) electrons. The highest BCUT2D eigenvalue weighted by atomic mass is 32.2. The van der Waals surface area contributed by atoms with Gasteiger partial charge in [-0.15, -0.1) is 0 Å². The number of hydrogen-bond acceptors (Lipinski definition) is 5. The van der Waals surface area contributed by atoms with Crippen LogP contribution in [0, 0.1) is 0 Å². The molecule has 2 heterocycles. The number of rotatable bonds is 5. The third-order valence-corrected chi connectivity index (χ3v) is 6.08. The van der Waals surface area contributed by atoms with Gasteiger partial charge in [0, 0.05) is 25.1 Å². The Morgan fingerprint density at radius 3 is 2.60 bits per heavy atom. The number of aromatic nitrogens is 2. The molecule has 0 atom stereocenters. The minimum absolute atomic E-state index is 0.0316. The molecule has 0 N–H and O–H groups in total. The van der Waals surface area contributed by atoms with Gasteiger partial charge in [0.1, 0.15) is 0 Å². The van der Waals surface area contributed by atoms with Crippen molar-refractivity contribution in [1.29, 1.82) is 0 Å². The Bertz CT molecular complexity index is 875. The van der Waals surface area contributed by atoms with Crippen molar-refractivity contribution in [3.05, 3.63) is 47.3 Å². The summed E-state index contributed by atoms with van der Waals surface area (Å²) >= 11 is 0. The molecule has 0 amide bonds. The van der Waals surface area contributed by atoms with Gasteiger partial charge < -0.3 is 4.74 Å². The van der Waals surface area contributed by atoms with Crippen molar-refractivity contribution in [1.82, 2.24) is 14.1 Å². The summed E-state index contributed by atoms with van der Waals surface area (Å²) in [4.78, 5) is 12.3. The summed E-state index contributed by atoms with van der Waals surface area (Å²) in [7, 11) is -3.33. The summed E-state index contributed by atoms with van der Waals surface area (Å²) in [5.41, 5.74) is 2.51. The monoisotopic (exact) mass is 363 g/mol. The Morgan fingerprint density at radius 1 is 1.24 bits per heavy atom. The molecule has 1 aliphatic rings. The van der Waals surface area contributed by atoms with Crippen LogP contribution in [0.1, 0.15) is 35.6 Å². The van der Waals surface area contributed by atoms with E-state index < -0.39 is 16.0 Å². The molecule has 0 spiro atoms. The Kier molecular flexibility index (Phi) is 4.91. The highest BCUT2D eigenvalue weighted by Gasteiger charge is 2.33. The lowest BCUT2D eigenvalue weighted by atomic mass is 10.1. The highest BCUT2D eigenvalue weighted by molar-refractivity contribution is 7.89. The van der Waals surface area contributed by atoms with Crippen LogP contribution in [0.5, 0.6) is 0 Å². The van der Waals surface area contributed by atoms with Gasteiger partial charge in [-0.1, -0.05) is 18.2 Å². The number of hydrogen-bond donors (Lipinski definition) is 0. The minimum atomic E-state index is -3.33. The van der Waals surface area contributed by atoms with E-state index in [-0.39, 0.29) is 24.6 Å². The molecule has 0 unspecified atom stereocenters. The smallest absolute Gasteiger partial charge is 0.359 e.